The molecule has 0 spiro atoms. The van der Waals surface area contributed by atoms with Gasteiger partial charge in [0.2, 0.25) is 5.91 Å². The molecule has 0 radical (unpaired) electrons. The molecule has 0 aliphatic carbocycles. The van der Waals surface area contributed by atoms with E-state index in [0.29, 0.717) is 13.0 Å². The van der Waals surface area contributed by atoms with Crippen molar-refractivity contribution in [3.63, 3.8) is 0 Å². The topological polar surface area (TPSA) is 41.1 Å². The summed E-state index contributed by atoms with van der Waals surface area (Å²) in [5.74, 6) is 0.0664. The van der Waals surface area contributed by atoms with Gasteiger partial charge in [0.1, 0.15) is 0 Å². The van der Waals surface area contributed by atoms with Crippen LogP contribution >= 0.6 is 15.9 Å². The summed E-state index contributed by atoms with van der Waals surface area (Å²) in [5.41, 5.74) is 1.21. The van der Waals surface area contributed by atoms with Gasteiger partial charge in [-0.25, -0.2) is 0 Å². The molecule has 2 N–H and O–H groups in total. The summed E-state index contributed by atoms with van der Waals surface area (Å²) in [6.45, 7) is 1.49. The molecule has 0 saturated carbocycles. The number of benzene rings is 1. The summed E-state index contributed by atoms with van der Waals surface area (Å²) in [7, 11) is 1.65. The largest absolute Gasteiger partial charge is 0.359 e. The fourth-order valence-corrected chi connectivity index (χ4v) is 1.65. The van der Waals surface area contributed by atoms with E-state index in [9.17, 15) is 4.79 Å². The fourth-order valence-electron chi connectivity index (χ4n) is 1.21. The van der Waals surface area contributed by atoms with Crippen LogP contribution in [-0.2, 0) is 11.3 Å². The Bertz CT molecular complexity index is 328. The summed E-state index contributed by atoms with van der Waals surface area (Å²) in [6.07, 6.45) is 0.518. The Morgan fingerprint density at radius 2 is 2.27 bits per heavy atom. The third-order valence-electron chi connectivity index (χ3n) is 2.03. The summed E-state index contributed by atoms with van der Waals surface area (Å²) >= 11 is 3.41. The lowest BCUT2D eigenvalue weighted by Crippen LogP contribution is -2.24. The number of halogens is 1. The second kappa shape index (κ2) is 6.58. The van der Waals surface area contributed by atoms with Crippen molar-refractivity contribution >= 4 is 21.8 Å². The number of nitrogens with one attached hydrogen (secondary N) is 2. The Labute approximate surface area is 98.4 Å². The Morgan fingerprint density at radius 3 is 2.93 bits per heavy atom. The molecule has 0 bridgehead atoms. The third-order valence-corrected chi connectivity index (χ3v) is 2.52. The first-order valence-corrected chi connectivity index (χ1v) is 5.67. The molecule has 1 rings (SSSR count). The molecule has 0 fully saturated rings. The molecule has 0 unspecified atom stereocenters. The van der Waals surface area contributed by atoms with E-state index in [0.717, 1.165) is 11.0 Å². The van der Waals surface area contributed by atoms with Crippen LogP contribution in [0.15, 0.2) is 28.7 Å². The van der Waals surface area contributed by atoms with Crippen molar-refractivity contribution in [2.24, 2.45) is 0 Å². The molecular weight excluding hydrogens is 256 g/mol. The first-order valence-electron chi connectivity index (χ1n) is 4.88. The van der Waals surface area contributed by atoms with Crippen molar-refractivity contribution in [2.75, 3.05) is 13.6 Å². The molecule has 0 aliphatic rings. The molecule has 82 valence electrons. The zero-order valence-corrected chi connectivity index (χ0v) is 10.3. The van der Waals surface area contributed by atoms with Gasteiger partial charge >= 0.3 is 0 Å². The minimum atomic E-state index is 0.0664. The van der Waals surface area contributed by atoms with Crippen LogP contribution in [0.3, 0.4) is 0 Å². The smallest absolute Gasteiger partial charge is 0.221 e. The molecule has 0 aliphatic heterocycles. The van der Waals surface area contributed by atoms with E-state index in [1.54, 1.807) is 7.05 Å². The van der Waals surface area contributed by atoms with Crippen LogP contribution in [-0.4, -0.2) is 19.5 Å². The Kier molecular flexibility index (Phi) is 5.36. The second-order valence-corrected chi connectivity index (χ2v) is 4.15. The minimum absolute atomic E-state index is 0.0664. The number of amides is 1. The summed E-state index contributed by atoms with van der Waals surface area (Å²) in [6, 6.07) is 8.11. The molecule has 4 heteroatoms. The predicted octanol–water partition coefficient (Wildman–Crippen LogP) is 1.67. The fraction of sp³-hybridized carbons (Fsp3) is 0.364. The lowest BCUT2D eigenvalue weighted by molar-refractivity contribution is -0.120. The lowest BCUT2D eigenvalue weighted by atomic mass is 10.2. The summed E-state index contributed by atoms with van der Waals surface area (Å²) in [5, 5.41) is 5.80. The van der Waals surface area contributed by atoms with Gasteiger partial charge < -0.3 is 10.6 Å². The third kappa shape index (κ3) is 4.95. The van der Waals surface area contributed by atoms with E-state index in [-0.39, 0.29) is 5.91 Å². The highest BCUT2D eigenvalue weighted by Crippen LogP contribution is 2.11. The van der Waals surface area contributed by atoms with Crippen LogP contribution in [0.4, 0.5) is 0 Å². The van der Waals surface area contributed by atoms with Crippen LogP contribution in [0.5, 0.6) is 0 Å². The minimum Gasteiger partial charge on any atom is -0.359 e. The quantitative estimate of drug-likeness (QED) is 0.800. The van der Waals surface area contributed by atoms with Crippen molar-refractivity contribution in [1.29, 1.82) is 0 Å². The summed E-state index contributed by atoms with van der Waals surface area (Å²) in [4.78, 5) is 10.9. The Hall–Kier alpha value is -0.870. The van der Waals surface area contributed by atoms with Gasteiger partial charge in [-0.3, -0.25) is 4.79 Å². The van der Waals surface area contributed by atoms with Crippen molar-refractivity contribution in [1.82, 2.24) is 10.6 Å². The van der Waals surface area contributed by atoms with Gasteiger partial charge in [-0.1, -0.05) is 28.1 Å². The molecule has 3 nitrogen and oxygen atoms in total. The van der Waals surface area contributed by atoms with E-state index in [2.05, 4.69) is 38.7 Å². The molecule has 15 heavy (non-hydrogen) atoms. The van der Waals surface area contributed by atoms with Gasteiger partial charge in [-0.2, -0.15) is 0 Å². The van der Waals surface area contributed by atoms with E-state index in [1.165, 1.54) is 5.56 Å². The van der Waals surface area contributed by atoms with Crippen molar-refractivity contribution < 1.29 is 4.79 Å². The van der Waals surface area contributed by atoms with E-state index < -0.39 is 0 Å². The molecule has 0 heterocycles. The zero-order valence-electron chi connectivity index (χ0n) is 8.72. The first kappa shape index (κ1) is 12.2. The SMILES string of the molecule is CNC(=O)CCNCc1cccc(Br)c1. The zero-order chi connectivity index (χ0) is 11.1. The van der Waals surface area contributed by atoms with Gasteiger partial charge in [-0.15, -0.1) is 0 Å². The van der Waals surface area contributed by atoms with Gasteiger partial charge in [0.15, 0.2) is 0 Å². The second-order valence-electron chi connectivity index (χ2n) is 3.23. The molecule has 1 aromatic rings. The maximum absolute atomic E-state index is 10.9. The van der Waals surface area contributed by atoms with Crippen LogP contribution < -0.4 is 10.6 Å². The van der Waals surface area contributed by atoms with E-state index in [1.807, 2.05) is 12.1 Å². The maximum atomic E-state index is 10.9. The molecule has 0 saturated heterocycles. The molecule has 0 aromatic heterocycles. The van der Waals surface area contributed by atoms with Crippen molar-refractivity contribution in [3.8, 4) is 0 Å². The van der Waals surface area contributed by atoms with E-state index >= 15 is 0 Å². The Morgan fingerprint density at radius 1 is 1.47 bits per heavy atom. The lowest BCUT2D eigenvalue weighted by Gasteiger charge is -2.04. The normalized spacial score (nSPS) is 10.0. The standard InChI is InChI=1S/C11H15BrN2O/c1-13-11(15)5-6-14-8-9-3-2-4-10(12)7-9/h2-4,7,14H,5-6,8H2,1H3,(H,13,15). The van der Waals surface area contributed by atoms with Crippen molar-refractivity contribution in [2.45, 2.75) is 13.0 Å². The number of hydrogen-bond donors (Lipinski definition) is 2. The highest BCUT2D eigenvalue weighted by atomic mass is 79.9. The number of carbonyl (C=O) groups excluding carboxylic acids is 1. The average molecular weight is 271 g/mol. The van der Waals surface area contributed by atoms with Gasteiger partial charge in [0, 0.05) is 31.0 Å². The highest BCUT2D eigenvalue weighted by molar-refractivity contribution is 9.10. The molecule has 1 amide bonds. The van der Waals surface area contributed by atoms with E-state index in [4.69, 9.17) is 0 Å². The molecular formula is C11H15BrN2O. The van der Waals surface area contributed by atoms with Gasteiger partial charge in [-0.05, 0) is 17.7 Å². The van der Waals surface area contributed by atoms with Crippen molar-refractivity contribution in [3.05, 3.63) is 34.3 Å². The van der Waals surface area contributed by atoms with Crippen LogP contribution in [0.1, 0.15) is 12.0 Å². The van der Waals surface area contributed by atoms with Crippen LogP contribution in [0, 0.1) is 0 Å². The number of carbonyl (C=O) groups is 1. The predicted molar refractivity (Wildman–Crippen MR) is 64.5 cm³/mol. The van der Waals surface area contributed by atoms with Crippen LogP contribution in [0.2, 0.25) is 0 Å². The maximum Gasteiger partial charge on any atom is 0.221 e. The highest BCUT2D eigenvalue weighted by Gasteiger charge is 1.97. The molecule has 0 atom stereocenters. The van der Waals surface area contributed by atoms with Crippen LogP contribution in [0.25, 0.3) is 0 Å². The van der Waals surface area contributed by atoms with Gasteiger partial charge in [0.25, 0.3) is 0 Å². The molecule has 1 aromatic carbocycles. The van der Waals surface area contributed by atoms with Gasteiger partial charge in [0.05, 0.1) is 0 Å². The Balaban J connectivity index is 2.23. The monoisotopic (exact) mass is 270 g/mol. The summed E-state index contributed by atoms with van der Waals surface area (Å²) < 4.78 is 1.08. The number of hydrogen-bond acceptors (Lipinski definition) is 2. The first-order chi connectivity index (χ1) is 7.22. The number of rotatable bonds is 5. The average Bonchev–Trinajstić information content (AvgIpc) is 2.24.